The van der Waals surface area contributed by atoms with E-state index in [1.807, 2.05) is 0 Å². The Kier molecular flexibility index (Phi) is 5.04. The number of nitrogens with zero attached hydrogens (tertiary/aromatic N) is 1. The molecule has 4 nitrogen and oxygen atoms in total. The maximum Gasteiger partial charge on any atom is 0.243 e. The third kappa shape index (κ3) is 3.53. The first-order valence-corrected chi connectivity index (χ1v) is 9.65. The molecule has 126 valence electrons. The van der Waals surface area contributed by atoms with Crippen LogP contribution < -0.4 is 0 Å². The molecule has 0 unspecified atom stereocenters. The molecule has 0 amide bonds. The topological polar surface area (TPSA) is 54.5 Å². The molecule has 0 aromatic heterocycles. The number of sulfonamides is 1. The van der Waals surface area contributed by atoms with E-state index in [2.05, 4.69) is 0 Å². The predicted octanol–water partition coefficient (Wildman–Crippen LogP) is 3.62. The van der Waals surface area contributed by atoms with Crippen molar-refractivity contribution in [1.82, 2.24) is 4.31 Å². The second-order valence-electron chi connectivity index (χ2n) is 5.89. The lowest BCUT2D eigenvalue weighted by Gasteiger charge is -2.31. The average molecular weight is 364 g/mol. The molecule has 0 aliphatic carbocycles. The zero-order chi connectivity index (χ0) is 17.2. The molecule has 6 heteroatoms. The molecule has 1 aliphatic rings. The number of hydrogen-bond donors (Lipinski definition) is 0. The summed E-state index contributed by atoms with van der Waals surface area (Å²) in [6.07, 6.45) is 1.36. The number of ketones is 1. The van der Waals surface area contributed by atoms with Crippen molar-refractivity contribution in [1.29, 1.82) is 0 Å². The van der Waals surface area contributed by atoms with Gasteiger partial charge in [-0.25, -0.2) is 8.42 Å². The molecule has 2 aromatic rings. The zero-order valence-corrected chi connectivity index (χ0v) is 14.6. The van der Waals surface area contributed by atoms with Crippen molar-refractivity contribution in [3.8, 4) is 0 Å². The Bertz CT molecular complexity index is 836. The fourth-order valence-corrected chi connectivity index (χ4v) is 4.73. The Hall–Kier alpha value is -1.69. The van der Waals surface area contributed by atoms with E-state index in [0.29, 0.717) is 30.0 Å². The molecule has 0 saturated carbocycles. The van der Waals surface area contributed by atoms with E-state index in [4.69, 9.17) is 11.6 Å². The van der Waals surface area contributed by atoms with Crippen LogP contribution in [-0.4, -0.2) is 31.6 Å². The molecule has 1 fully saturated rings. The van der Waals surface area contributed by atoms with E-state index >= 15 is 0 Å². The first-order chi connectivity index (χ1) is 11.5. The zero-order valence-electron chi connectivity index (χ0n) is 13.1. The number of Topliss-reactive ketones (excluding diaryl/α,β-unsaturated/α-hetero) is 1. The third-order valence-corrected chi connectivity index (χ3v) is 6.36. The van der Waals surface area contributed by atoms with Gasteiger partial charge in [0.15, 0.2) is 5.78 Å². The van der Waals surface area contributed by atoms with Crippen LogP contribution in [0, 0.1) is 5.92 Å². The van der Waals surface area contributed by atoms with Crippen molar-refractivity contribution in [3.63, 3.8) is 0 Å². The molecule has 24 heavy (non-hydrogen) atoms. The normalized spacial score (nSPS) is 19.1. The fraction of sp³-hybridized carbons (Fsp3) is 0.278. The highest BCUT2D eigenvalue weighted by Crippen LogP contribution is 2.26. The Morgan fingerprint density at radius 1 is 1.08 bits per heavy atom. The summed E-state index contributed by atoms with van der Waals surface area (Å²) in [5.74, 6) is -0.388. The summed E-state index contributed by atoms with van der Waals surface area (Å²) < 4.78 is 26.9. The van der Waals surface area contributed by atoms with E-state index < -0.39 is 10.0 Å². The maximum atomic E-state index is 12.7. The van der Waals surface area contributed by atoms with Crippen molar-refractivity contribution in [2.45, 2.75) is 17.7 Å². The lowest BCUT2D eigenvalue weighted by molar-refractivity contribution is 0.0872. The van der Waals surface area contributed by atoms with E-state index in [0.717, 1.165) is 0 Å². The third-order valence-electron chi connectivity index (χ3n) is 4.25. The summed E-state index contributed by atoms with van der Waals surface area (Å²) in [7, 11) is -3.56. The highest BCUT2D eigenvalue weighted by molar-refractivity contribution is 7.89. The van der Waals surface area contributed by atoms with Crippen LogP contribution in [0.15, 0.2) is 59.5 Å². The molecule has 0 radical (unpaired) electrons. The SMILES string of the molecule is O=C(c1cccc(Cl)c1)[C@H]1CCCN(S(=O)(=O)c2ccccc2)C1. The Balaban J connectivity index is 1.81. The Labute approximate surface area is 147 Å². The van der Waals surface area contributed by atoms with Crippen LogP contribution in [0.25, 0.3) is 0 Å². The lowest BCUT2D eigenvalue weighted by atomic mass is 9.91. The molecule has 0 spiro atoms. The Morgan fingerprint density at radius 3 is 2.54 bits per heavy atom. The number of benzene rings is 2. The number of halogens is 1. The summed E-state index contributed by atoms with van der Waals surface area (Å²) in [4.78, 5) is 12.9. The van der Waals surface area contributed by atoms with Gasteiger partial charge < -0.3 is 0 Å². The van der Waals surface area contributed by atoms with Crippen LogP contribution in [0.2, 0.25) is 5.02 Å². The van der Waals surface area contributed by atoms with Crippen LogP contribution in [0.1, 0.15) is 23.2 Å². The standard InChI is InChI=1S/C18H18ClNO3S/c19-16-8-4-6-14(12-16)18(21)15-7-5-11-20(13-15)24(22,23)17-9-2-1-3-10-17/h1-4,6,8-10,12,15H,5,7,11,13H2/t15-/m0/s1. The van der Waals surface area contributed by atoms with Crippen LogP contribution in [0.4, 0.5) is 0 Å². The van der Waals surface area contributed by atoms with Gasteiger partial charge in [0.05, 0.1) is 4.90 Å². The number of carbonyl (C=O) groups is 1. The highest BCUT2D eigenvalue weighted by Gasteiger charge is 2.33. The average Bonchev–Trinajstić information content (AvgIpc) is 2.62. The van der Waals surface area contributed by atoms with Gasteiger partial charge in [-0.15, -0.1) is 0 Å². The van der Waals surface area contributed by atoms with E-state index in [9.17, 15) is 13.2 Å². The number of hydrogen-bond acceptors (Lipinski definition) is 3. The molecule has 0 N–H and O–H groups in total. The second kappa shape index (κ2) is 7.05. The van der Waals surface area contributed by atoms with Gasteiger partial charge in [0.25, 0.3) is 0 Å². The predicted molar refractivity (Wildman–Crippen MR) is 93.7 cm³/mol. The smallest absolute Gasteiger partial charge is 0.243 e. The van der Waals surface area contributed by atoms with E-state index in [-0.39, 0.29) is 23.1 Å². The quantitative estimate of drug-likeness (QED) is 0.779. The summed E-state index contributed by atoms with van der Waals surface area (Å²) in [5.41, 5.74) is 0.534. The molecule has 2 aromatic carbocycles. The van der Waals surface area contributed by atoms with Gasteiger partial charge in [-0.2, -0.15) is 4.31 Å². The van der Waals surface area contributed by atoms with Crippen molar-refractivity contribution in [2.24, 2.45) is 5.92 Å². The van der Waals surface area contributed by atoms with Crippen molar-refractivity contribution >= 4 is 27.4 Å². The van der Waals surface area contributed by atoms with Crippen LogP contribution in [0.3, 0.4) is 0 Å². The minimum Gasteiger partial charge on any atom is -0.294 e. The monoisotopic (exact) mass is 363 g/mol. The highest BCUT2D eigenvalue weighted by atomic mass is 35.5. The molecular formula is C18H18ClNO3S. The van der Waals surface area contributed by atoms with Crippen LogP contribution in [-0.2, 0) is 10.0 Å². The van der Waals surface area contributed by atoms with Gasteiger partial charge >= 0.3 is 0 Å². The van der Waals surface area contributed by atoms with Crippen molar-refractivity contribution in [2.75, 3.05) is 13.1 Å². The molecule has 1 atom stereocenters. The molecule has 3 rings (SSSR count). The number of piperidine rings is 1. The molecule has 1 aliphatic heterocycles. The molecule has 0 bridgehead atoms. The fourth-order valence-electron chi connectivity index (χ4n) is 2.99. The maximum absolute atomic E-state index is 12.7. The number of carbonyl (C=O) groups excluding carboxylic acids is 1. The summed E-state index contributed by atoms with van der Waals surface area (Å²) >= 11 is 5.95. The van der Waals surface area contributed by atoms with Crippen molar-refractivity contribution in [3.05, 3.63) is 65.2 Å². The van der Waals surface area contributed by atoms with Gasteiger partial charge in [0.2, 0.25) is 10.0 Å². The summed E-state index contributed by atoms with van der Waals surface area (Å²) in [6, 6.07) is 15.1. The van der Waals surface area contributed by atoms with Crippen LogP contribution >= 0.6 is 11.6 Å². The van der Waals surface area contributed by atoms with Gasteiger partial charge in [-0.05, 0) is 37.1 Å². The minimum atomic E-state index is -3.56. The Morgan fingerprint density at radius 2 is 1.83 bits per heavy atom. The van der Waals surface area contributed by atoms with Gasteiger partial charge in [0.1, 0.15) is 0 Å². The molecule has 1 heterocycles. The summed E-state index contributed by atoms with van der Waals surface area (Å²) in [5, 5.41) is 0.505. The largest absolute Gasteiger partial charge is 0.294 e. The van der Waals surface area contributed by atoms with Crippen LogP contribution in [0.5, 0.6) is 0 Å². The van der Waals surface area contributed by atoms with Crippen molar-refractivity contribution < 1.29 is 13.2 Å². The molecular weight excluding hydrogens is 346 g/mol. The second-order valence-corrected chi connectivity index (χ2v) is 8.26. The van der Waals surface area contributed by atoms with Gasteiger partial charge in [0, 0.05) is 29.6 Å². The number of rotatable bonds is 4. The molecule has 1 saturated heterocycles. The minimum absolute atomic E-state index is 0.0505. The summed E-state index contributed by atoms with van der Waals surface area (Å²) in [6.45, 7) is 0.652. The lowest BCUT2D eigenvalue weighted by Crippen LogP contribution is -2.42. The van der Waals surface area contributed by atoms with Gasteiger partial charge in [-0.1, -0.05) is 41.9 Å². The van der Waals surface area contributed by atoms with Gasteiger partial charge in [-0.3, -0.25) is 4.79 Å². The van der Waals surface area contributed by atoms with E-state index in [1.165, 1.54) is 4.31 Å². The first-order valence-electron chi connectivity index (χ1n) is 7.83. The first kappa shape index (κ1) is 17.1. The van der Waals surface area contributed by atoms with E-state index in [1.54, 1.807) is 54.6 Å².